The van der Waals surface area contributed by atoms with Gasteiger partial charge in [-0.05, 0) is 32.0 Å². The van der Waals surface area contributed by atoms with Crippen molar-refractivity contribution in [3.63, 3.8) is 0 Å². The second-order valence-corrected chi connectivity index (χ2v) is 11.4. The van der Waals surface area contributed by atoms with E-state index in [0.717, 1.165) is 34.0 Å². The minimum absolute atomic E-state index is 0.0566. The predicted molar refractivity (Wildman–Crippen MR) is 146 cm³/mol. The number of hydrogen-bond donors (Lipinski definition) is 2. The summed E-state index contributed by atoms with van der Waals surface area (Å²) < 4.78 is 20.8. The maximum absolute atomic E-state index is 14.7. The summed E-state index contributed by atoms with van der Waals surface area (Å²) in [6, 6.07) is 2.31. The number of aliphatic hydroxyl groups excluding tert-OH is 1. The molecule has 3 N–H and O–H groups in total. The Labute approximate surface area is 227 Å². The lowest BCUT2D eigenvalue weighted by molar-refractivity contribution is 0.0823. The molecule has 2 aliphatic heterocycles. The minimum Gasteiger partial charge on any atom is -0.390 e. The van der Waals surface area contributed by atoms with Crippen molar-refractivity contribution < 1.29 is 14.2 Å². The van der Waals surface area contributed by atoms with E-state index in [1.165, 1.54) is 0 Å². The number of hydrogen-bond acceptors (Lipinski definition) is 10. The highest BCUT2D eigenvalue weighted by Gasteiger charge is 2.37. The Morgan fingerprint density at radius 3 is 2.79 bits per heavy atom. The number of pyridine rings is 1. The van der Waals surface area contributed by atoms with Crippen molar-refractivity contribution in [3.8, 4) is 17.3 Å². The molecule has 0 spiro atoms. The molecule has 0 aliphatic carbocycles. The van der Waals surface area contributed by atoms with Gasteiger partial charge in [-0.2, -0.15) is 5.26 Å². The smallest absolute Gasteiger partial charge is 0.226 e. The van der Waals surface area contributed by atoms with Crippen LogP contribution in [-0.2, 0) is 18.0 Å². The summed E-state index contributed by atoms with van der Waals surface area (Å²) in [7, 11) is 2.00. The minimum atomic E-state index is -0.551. The van der Waals surface area contributed by atoms with E-state index in [1.807, 2.05) is 11.9 Å². The Bertz CT molecular complexity index is 1650. The highest BCUT2D eigenvalue weighted by Crippen LogP contribution is 2.47. The van der Waals surface area contributed by atoms with Crippen LogP contribution in [0.2, 0.25) is 5.02 Å². The summed E-state index contributed by atoms with van der Waals surface area (Å²) in [6.45, 7) is 5.76. The van der Waals surface area contributed by atoms with Gasteiger partial charge in [-0.15, -0.1) is 11.3 Å². The summed E-state index contributed by atoms with van der Waals surface area (Å²) in [5.41, 5.74) is 9.35. The van der Waals surface area contributed by atoms with Crippen LogP contribution in [0.25, 0.3) is 32.2 Å². The zero-order chi connectivity index (χ0) is 26.9. The van der Waals surface area contributed by atoms with E-state index in [4.69, 9.17) is 27.1 Å². The number of benzene rings is 1. The lowest BCUT2D eigenvalue weighted by atomic mass is 9.94. The predicted octanol–water partition coefficient (Wildman–Crippen LogP) is 4.07. The number of fused-ring (bicyclic) bond motifs is 4. The number of β-amino-alcohol motifs (C(OH)–C–C–N with tert-alkyl or cyclic N) is 1. The average Bonchev–Trinajstić information content (AvgIpc) is 3.61. The topological polar surface area (TPSA) is 124 Å². The van der Waals surface area contributed by atoms with Crippen molar-refractivity contribution in [1.29, 1.82) is 5.26 Å². The monoisotopic (exact) mass is 553 g/mol. The van der Waals surface area contributed by atoms with E-state index >= 15 is 0 Å². The van der Waals surface area contributed by atoms with Crippen LogP contribution < -0.4 is 10.6 Å². The Kier molecular flexibility index (Phi) is 6.13. The fourth-order valence-electron chi connectivity index (χ4n) is 5.41. The standard InChI is InChI=1S/C26H25ClFN7O2S/c1-11(2)34(3)17-7-35(8-18(17)36)26-32-5-13-14-9-37-10-15(14)19(21(27)22(13)33-26)23-20-12(4-29)25(30)38-24(20)16(28)6-31-23/h5-6,11,17-18,36H,7-10,30H2,1-3H3/t17-,18-/m1/s1. The molecule has 0 amide bonds. The molecule has 4 aromatic rings. The van der Waals surface area contributed by atoms with Crippen LogP contribution >= 0.6 is 22.9 Å². The number of aliphatic hydroxyl groups is 1. The Balaban J connectivity index is 1.54. The van der Waals surface area contributed by atoms with Crippen LogP contribution in [0.5, 0.6) is 0 Å². The molecule has 38 heavy (non-hydrogen) atoms. The van der Waals surface area contributed by atoms with E-state index in [2.05, 4.69) is 34.8 Å². The van der Waals surface area contributed by atoms with E-state index < -0.39 is 11.9 Å². The van der Waals surface area contributed by atoms with Gasteiger partial charge in [-0.1, -0.05) is 11.6 Å². The molecule has 3 aromatic heterocycles. The molecule has 196 valence electrons. The summed E-state index contributed by atoms with van der Waals surface area (Å²) in [4.78, 5) is 18.0. The highest BCUT2D eigenvalue weighted by molar-refractivity contribution is 7.23. The van der Waals surface area contributed by atoms with Crippen LogP contribution in [0.1, 0.15) is 30.5 Å². The third-order valence-electron chi connectivity index (χ3n) is 7.61. The van der Waals surface area contributed by atoms with E-state index in [0.29, 0.717) is 52.8 Å². The number of ether oxygens (including phenoxy) is 1. The molecule has 5 heterocycles. The largest absolute Gasteiger partial charge is 0.390 e. The van der Waals surface area contributed by atoms with Gasteiger partial charge in [0, 0.05) is 41.7 Å². The molecular weight excluding hydrogens is 529 g/mol. The lowest BCUT2D eigenvalue weighted by Gasteiger charge is -2.29. The second kappa shape index (κ2) is 9.25. The number of nitrogens with two attached hydrogens (primary N) is 1. The third-order valence-corrected chi connectivity index (χ3v) is 9.01. The molecule has 1 aromatic carbocycles. The maximum atomic E-state index is 14.7. The number of anilines is 2. The number of halogens is 2. The van der Waals surface area contributed by atoms with Gasteiger partial charge in [0.2, 0.25) is 5.95 Å². The quantitative estimate of drug-likeness (QED) is 0.384. The molecule has 12 heteroatoms. The van der Waals surface area contributed by atoms with Crippen LogP contribution in [0.4, 0.5) is 15.3 Å². The molecule has 0 radical (unpaired) electrons. The van der Waals surface area contributed by atoms with E-state index in [9.17, 15) is 14.8 Å². The number of nitrogens with zero attached hydrogens (tertiary/aromatic N) is 6. The molecule has 2 aliphatic rings. The maximum Gasteiger partial charge on any atom is 0.226 e. The SMILES string of the molecule is CC(C)N(C)[C@@H]1CN(c2ncc3c4c(c(-c5ncc(F)c6sc(N)c(C#N)c56)c(Cl)c3n2)COC4)C[C@H]1O. The highest BCUT2D eigenvalue weighted by atomic mass is 35.5. The second-order valence-electron chi connectivity index (χ2n) is 9.98. The van der Waals surface area contributed by atoms with Gasteiger partial charge < -0.3 is 20.5 Å². The van der Waals surface area contributed by atoms with Crippen molar-refractivity contribution in [3.05, 3.63) is 39.9 Å². The molecular formula is C26H25ClFN7O2S. The van der Waals surface area contributed by atoms with E-state index in [1.54, 1.807) is 6.20 Å². The van der Waals surface area contributed by atoms with Gasteiger partial charge >= 0.3 is 0 Å². The number of rotatable bonds is 4. The summed E-state index contributed by atoms with van der Waals surface area (Å²) in [5.74, 6) is -0.0949. The summed E-state index contributed by atoms with van der Waals surface area (Å²) in [6.07, 6.45) is 2.31. The Hall–Kier alpha value is -3.14. The number of thiophene rings is 1. The third kappa shape index (κ3) is 3.71. The van der Waals surface area contributed by atoms with Crippen molar-refractivity contribution in [1.82, 2.24) is 19.9 Å². The Morgan fingerprint density at radius 1 is 1.29 bits per heavy atom. The zero-order valence-electron chi connectivity index (χ0n) is 21.0. The van der Waals surface area contributed by atoms with Crippen LogP contribution in [0.3, 0.4) is 0 Å². The number of likely N-dealkylation sites (N-methyl/N-ethyl adjacent to an activating group) is 1. The van der Waals surface area contributed by atoms with Crippen molar-refractivity contribution in [2.45, 2.75) is 45.2 Å². The molecule has 1 fully saturated rings. The first-order valence-electron chi connectivity index (χ1n) is 12.2. The lowest BCUT2D eigenvalue weighted by Crippen LogP contribution is -2.44. The normalized spacial score (nSPS) is 19.3. The molecule has 0 unspecified atom stereocenters. The molecule has 0 saturated carbocycles. The van der Waals surface area contributed by atoms with Gasteiger partial charge in [0.25, 0.3) is 0 Å². The average molecular weight is 554 g/mol. The number of nitriles is 1. The summed E-state index contributed by atoms with van der Waals surface area (Å²) >= 11 is 8.08. The van der Waals surface area contributed by atoms with Crippen LogP contribution in [0.15, 0.2) is 12.4 Å². The summed E-state index contributed by atoms with van der Waals surface area (Å²) in [5, 5.41) is 22.2. The molecule has 1 saturated heterocycles. The fourth-order valence-corrected chi connectivity index (χ4v) is 6.68. The number of aromatic nitrogens is 3. The molecule has 0 bridgehead atoms. The van der Waals surface area contributed by atoms with Crippen LogP contribution in [-0.4, -0.2) is 63.3 Å². The fraction of sp³-hybridized carbons (Fsp3) is 0.385. The van der Waals surface area contributed by atoms with Crippen molar-refractivity contribution >= 4 is 54.9 Å². The molecule has 9 nitrogen and oxygen atoms in total. The first-order chi connectivity index (χ1) is 18.2. The van der Waals surface area contributed by atoms with Gasteiger partial charge in [-0.25, -0.2) is 14.4 Å². The van der Waals surface area contributed by atoms with Crippen molar-refractivity contribution in [2.75, 3.05) is 30.8 Å². The zero-order valence-corrected chi connectivity index (χ0v) is 22.6. The first-order valence-corrected chi connectivity index (χ1v) is 13.4. The van der Waals surface area contributed by atoms with Gasteiger partial charge in [0.05, 0.1) is 58.1 Å². The Morgan fingerprint density at radius 2 is 2.05 bits per heavy atom. The van der Waals surface area contributed by atoms with Gasteiger partial charge in [0.1, 0.15) is 11.1 Å². The molecule has 6 rings (SSSR count). The van der Waals surface area contributed by atoms with Crippen LogP contribution in [0, 0.1) is 17.1 Å². The number of nitrogen functional groups attached to an aromatic ring is 1. The van der Waals surface area contributed by atoms with Gasteiger partial charge in [-0.3, -0.25) is 9.88 Å². The molecule has 2 atom stereocenters. The van der Waals surface area contributed by atoms with Gasteiger partial charge in [0.15, 0.2) is 5.82 Å². The first kappa shape index (κ1) is 25.2. The van der Waals surface area contributed by atoms with E-state index in [-0.39, 0.29) is 34.0 Å². The van der Waals surface area contributed by atoms with Crippen molar-refractivity contribution in [2.24, 2.45) is 0 Å².